The average Bonchev–Trinajstić information content (AvgIpc) is 2.61. The van der Waals surface area contributed by atoms with Crippen LogP contribution in [0.25, 0.3) is 11.3 Å². The third-order valence-corrected chi connectivity index (χ3v) is 9.61. The molecule has 1 aliphatic heterocycles. The smallest absolute Gasteiger partial charge is 0.212 e. The highest BCUT2D eigenvalue weighted by molar-refractivity contribution is 7.01. The lowest BCUT2D eigenvalue weighted by molar-refractivity contribution is -0.660. The summed E-state index contributed by atoms with van der Waals surface area (Å²) in [4.78, 5) is 4.88. The van der Waals surface area contributed by atoms with E-state index in [1.54, 1.807) is 5.19 Å². The van der Waals surface area contributed by atoms with Crippen LogP contribution < -0.4 is 14.9 Å². The molecule has 0 N–H and O–H groups in total. The Labute approximate surface area is 157 Å². The van der Waals surface area contributed by atoms with E-state index in [0.29, 0.717) is 0 Å². The number of aromatic nitrogens is 2. The van der Waals surface area contributed by atoms with Crippen LogP contribution in [0.15, 0.2) is 54.9 Å². The van der Waals surface area contributed by atoms with Crippen molar-refractivity contribution in [1.29, 1.82) is 0 Å². The van der Waals surface area contributed by atoms with E-state index < -0.39 is 8.07 Å². The summed E-state index contributed by atoms with van der Waals surface area (Å²) in [5, 5.41) is 3.03. The van der Waals surface area contributed by atoms with Gasteiger partial charge in [0.05, 0.1) is 11.3 Å². The Morgan fingerprint density at radius 2 is 1.73 bits per heavy atom. The van der Waals surface area contributed by atoms with E-state index in [4.69, 9.17) is 4.98 Å². The zero-order chi connectivity index (χ0) is 18.7. The molecule has 2 aromatic heterocycles. The fourth-order valence-corrected chi connectivity index (χ4v) is 8.00. The summed E-state index contributed by atoms with van der Waals surface area (Å²) in [7, 11) is 0.341. The van der Waals surface area contributed by atoms with Gasteiger partial charge in [-0.15, -0.1) is 0 Å². The molecule has 4 rings (SSSR count). The maximum absolute atomic E-state index is 4.88. The molecule has 26 heavy (non-hydrogen) atoms. The van der Waals surface area contributed by atoms with E-state index in [1.165, 1.54) is 33.3 Å². The maximum Gasteiger partial charge on any atom is 0.212 e. The number of rotatable bonds is 1. The van der Waals surface area contributed by atoms with Crippen molar-refractivity contribution in [2.24, 2.45) is 7.05 Å². The van der Waals surface area contributed by atoms with Crippen LogP contribution in [0.5, 0.6) is 0 Å². The first-order valence-electron chi connectivity index (χ1n) is 9.32. The monoisotopic (exact) mass is 359 g/mol. The molecule has 0 radical (unpaired) electrons. The molecule has 3 heterocycles. The van der Waals surface area contributed by atoms with Gasteiger partial charge in [-0.05, 0) is 40.6 Å². The van der Waals surface area contributed by atoms with Gasteiger partial charge in [-0.1, -0.05) is 45.1 Å². The molecule has 3 heteroatoms. The first kappa shape index (κ1) is 17.2. The fourth-order valence-electron chi connectivity index (χ4n) is 4.66. The molecule has 0 fully saturated rings. The number of aryl methyl sites for hydroxylation is 2. The van der Waals surface area contributed by atoms with Crippen LogP contribution in [0.3, 0.4) is 0 Å². The summed E-state index contributed by atoms with van der Waals surface area (Å²) in [5.74, 6) is 0. The molecule has 0 bridgehead atoms. The largest absolute Gasteiger partial charge is 0.260 e. The van der Waals surface area contributed by atoms with Crippen molar-refractivity contribution in [3.63, 3.8) is 0 Å². The molecular formula is C23H27N2Si+. The highest BCUT2D eigenvalue weighted by Crippen LogP contribution is 2.40. The van der Waals surface area contributed by atoms with Gasteiger partial charge in [0, 0.05) is 23.7 Å². The van der Waals surface area contributed by atoms with E-state index in [-0.39, 0.29) is 5.41 Å². The number of hydrogen-bond donors (Lipinski definition) is 0. The SMILES string of the molecule is Cc1ccc2c(c1-c1cccc[n+]1C)C(C)(C)c1ncccc1[Si]2(C)C. The van der Waals surface area contributed by atoms with E-state index in [2.05, 4.69) is 94.1 Å². The first-order chi connectivity index (χ1) is 12.3. The number of hydrogen-bond acceptors (Lipinski definition) is 1. The quantitative estimate of drug-likeness (QED) is 0.481. The van der Waals surface area contributed by atoms with E-state index in [1.807, 2.05) is 6.20 Å². The van der Waals surface area contributed by atoms with Gasteiger partial charge in [-0.25, -0.2) is 4.57 Å². The van der Waals surface area contributed by atoms with E-state index in [0.717, 1.165) is 0 Å². The van der Waals surface area contributed by atoms with Crippen molar-refractivity contribution >= 4 is 18.4 Å². The highest BCUT2D eigenvalue weighted by Gasteiger charge is 2.46. The van der Waals surface area contributed by atoms with Gasteiger partial charge in [-0.2, -0.15) is 0 Å². The Balaban J connectivity index is 2.15. The Kier molecular flexibility index (Phi) is 3.71. The molecule has 3 aromatic rings. The number of pyridine rings is 2. The van der Waals surface area contributed by atoms with Crippen LogP contribution in [0, 0.1) is 6.92 Å². The van der Waals surface area contributed by atoms with Crippen LogP contribution in [-0.2, 0) is 12.5 Å². The van der Waals surface area contributed by atoms with Crippen molar-refractivity contribution in [3.05, 3.63) is 71.7 Å². The zero-order valence-corrected chi connectivity index (χ0v) is 17.6. The molecule has 0 aliphatic carbocycles. The summed E-state index contributed by atoms with van der Waals surface area (Å²) in [6.45, 7) is 11.8. The highest BCUT2D eigenvalue weighted by atomic mass is 28.3. The maximum atomic E-state index is 4.88. The predicted molar refractivity (Wildman–Crippen MR) is 111 cm³/mol. The Bertz CT molecular complexity index is 1020. The fraction of sp³-hybridized carbons (Fsp3) is 0.304. The summed E-state index contributed by atoms with van der Waals surface area (Å²) < 4.78 is 2.24. The predicted octanol–water partition coefficient (Wildman–Crippen LogP) is 3.34. The van der Waals surface area contributed by atoms with E-state index in [9.17, 15) is 0 Å². The minimum atomic E-state index is -1.80. The molecule has 1 aromatic carbocycles. The minimum absolute atomic E-state index is 0.112. The normalized spacial score (nSPS) is 16.7. The molecule has 0 spiro atoms. The van der Waals surface area contributed by atoms with Crippen LogP contribution >= 0.6 is 0 Å². The molecule has 0 unspecified atom stereocenters. The molecule has 2 nitrogen and oxygen atoms in total. The minimum Gasteiger partial charge on any atom is -0.260 e. The third kappa shape index (κ3) is 2.23. The number of nitrogens with zero attached hydrogens (tertiary/aromatic N) is 2. The molecule has 0 amide bonds. The third-order valence-electron chi connectivity index (χ3n) is 6.10. The van der Waals surface area contributed by atoms with Crippen LogP contribution in [0.1, 0.15) is 30.7 Å². The van der Waals surface area contributed by atoms with Crippen molar-refractivity contribution in [2.75, 3.05) is 0 Å². The van der Waals surface area contributed by atoms with Gasteiger partial charge < -0.3 is 0 Å². The molecule has 132 valence electrons. The van der Waals surface area contributed by atoms with Crippen LogP contribution in [-0.4, -0.2) is 13.1 Å². The second-order valence-electron chi connectivity index (χ2n) is 8.53. The molecule has 1 aliphatic rings. The lowest BCUT2D eigenvalue weighted by Crippen LogP contribution is -2.62. The average molecular weight is 360 g/mol. The summed E-state index contributed by atoms with van der Waals surface area (Å²) in [5.41, 5.74) is 6.62. The topological polar surface area (TPSA) is 16.8 Å². The first-order valence-corrected chi connectivity index (χ1v) is 12.3. The van der Waals surface area contributed by atoms with Gasteiger partial charge in [-0.3, -0.25) is 4.98 Å². The van der Waals surface area contributed by atoms with Gasteiger partial charge in [0.2, 0.25) is 5.69 Å². The number of fused-ring (bicyclic) bond motifs is 2. The Morgan fingerprint density at radius 1 is 0.962 bits per heavy atom. The lowest BCUT2D eigenvalue weighted by atomic mass is 9.76. The van der Waals surface area contributed by atoms with Gasteiger partial charge >= 0.3 is 0 Å². The van der Waals surface area contributed by atoms with Crippen molar-refractivity contribution in [3.8, 4) is 11.3 Å². The van der Waals surface area contributed by atoms with E-state index >= 15 is 0 Å². The molecule has 0 saturated carbocycles. The number of benzene rings is 1. The van der Waals surface area contributed by atoms with Gasteiger partial charge in [0.25, 0.3) is 0 Å². The second kappa shape index (κ2) is 5.62. The molecular weight excluding hydrogens is 332 g/mol. The van der Waals surface area contributed by atoms with Gasteiger partial charge in [0.15, 0.2) is 6.20 Å². The second-order valence-corrected chi connectivity index (χ2v) is 12.9. The zero-order valence-electron chi connectivity index (χ0n) is 16.6. The summed E-state index contributed by atoms with van der Waals surface area (Å²) in [6, 6.07) is 15.6. The standard InChI is InChI=1S/C23H27N2Si/c1-16-12-13-18-21(20(16)17-10-7-8-15-25(17)4)23(2,3)22-19(26(18,5)6)11-9-14-24-22/h7-15H,1-6H3/q+1. The van der Waals surface area contributed by atoms with Crippen LogP contribution in [0.2, 0.25) is 13.1 Å². The van der Waals surface area contributed by atoms with Crippen molar-refractivity contribution < 1.29 is 4.57 Å². The Morgan fingerprint density at radius 3 is 2.46 bits per heavy atom. The molecule has 0 atom stereocenters. The van der Waals surface area contributed by atoms with Gasteiger partial charge in [0.1, 0.15) is 15.1 Å². The van der Waals surface area contributed by atoms with Crippen molar-refractivity contribution in [2.45, 2.75) is 39.3 Å². The lowest BCUT2D eigenvalue weighted by Gasteiger charge is -2.42. The Hall–Kier alpha value is -2.26. The molecule has 0 saturated heterocycles. The van der Waals surface area contributed by atoms with Crippen LogP contribution in [0.4, 0.5) is 0 Å². The summed E-state index contributed by atoms with van der Waals surface area (Å²) in [6.07, 6.45) is 4.09. The summed E-state index contributed by atoms with van der Waals surface area (Å²) >= 11 is 0. The van der Waals surface area contributed by atoms with Crippen molar-refractivity contribution in [1.82, 2.24) is 4.98 Å².